The number of anilines is 1. The van der Waals surface area contributed by atoms with Crippen molar-refractivity contribution in [1.82, 2.24) is 5.32 Å². The minimum Gasteiger partial charge on any atom is -0.459 e. The van der Waals surface area contributed by atoms with Crippen molar-refractivity contribution < 1.29 is 23.5 Å². The molecule has 0 aromatic carbocycles. The van der Waals surface area contributed by atoms with Gasteiger partial charge in [0, 0.05) is 6.04 Å². The summed E-state index contributed by atoms with van der Waals surface area (Å²) in [7, 11) is 0. The van der Waals surface area contributed by atoms with Crippen molar-refractivity contribution in [3.63, 3.8) is 0 Å². The molecule has 2 amide bonds. The lowest BCUT2D eigenvalue weighted by Crippen LogP contribution is -2.35. The Hall–Kier alpha value is -2.61. The highest BCUT2D eigenvalue weighted by atomic mass is 32.1. The second-order valence-corrected chi connectivity index (χ2v) is 6.56. The van der Waals surface area contributed by atoms with E-state index in [1.54, 1.807) is 25.1 Å². The summed E-state index contributed by atoms with van der Waals surface area (Å²) >= 11 is 1.08. The molecule has 1 atom stereocenters. The van der Waals surface area contributed by atoms with Crippen LogP contribution in [-0.4, -0.2) is 30.4 Å². The molecule has 2 aromatic heterocycles. The molecule has 25 heavy (non-hydrogen) atoms. The van der Waals surface area contributed by atoms with Gasteiger partial charge in [-0.1, -0.05) is 6.92 Å². The van der Waals surface area contributed by atoms with Gasteiger partial charge in [-0.25, -0.2) is 4.79 Å². The quantitative estimate of drug-likeness (QED) is 0.736. The lowest BCUT2D eigenvalue weighted by Gasteiger charge is -2.11. The number of carbonyl (C=O) groups is 3. The molecular formula is C17H20N2O5S. The zero-order valence-electron chi connectivity index (χ0n) is 14.3. The molecule has 2 N–H and O–H groups in total. The van der Waals surface area contributed by atoms with Crippen LogP contribution in [0.1, 0.15) is 46.1 Å². The van der Waals surface area contributed by atoms with Gasteiger partial charge in [0.15, 0.2) is 12.4 Å². The summed E-state index contributed by atoms with van der Waals surface area (Å²) in [6.07, 6.45) is 2.20. The fraction of sp³-hybridized carbons (Fsp3) is 0.353. The number of amides is 2. The zero-order valence-corrected chi connectivity index (χ0v) is 15.1. The third-order valence-electron chi connectivity index (χ3n) is 3.44. The van der Waals surface area contributed by atoms with E-state index in [0.29, 0.717) is 15.4 Å². The molecule has 0 radical (unpaired) electrons. The Morgan fingerprint density at radius 1 is 1.36 bits per heavy atom. The van der Waals surface area contributed by atoms with E-state index >= 15 is 0 Å². The lowest BCUT2D eigenvalue weighted by atomic mass is 10.2. The van der Waals surface area contributed by atoms with Gasteiger partial charge in [0.1, 0.15) is 4.88 Å². The average molecular weight is 364 g/mol. The Balaban J connectivity index is 1.93. The highest BCUT2D eigenvalue weighted by Gasteiger charge is 2.18. The first-order valence-corrected chi connectivity index (χ1v) is 8.64. The highest BCUT2D eigenvalue weighted by molar-refractivity contribution is 7.18. The molecule has 8 heteroatoms. The van der Waals surface area contributed by atoms with Crippen molar-refractivity contribution in [2.75, 3.05) is 11.9 Å². The van der Waals surface area contributed by atoms with Gasteiger partial charge >= 0.3 is 5.97 Å². The standard InChI is InChI=1S/C17H20N2O5S/c1-4-11(3)18-13(20)9-24-17(22)15-10(2)8-14(25-15)19-16(21)12-6-5-7-23-12/h5-8,11H,4,9H2,1-3H3,(H,18,20)(H,19,21)/t11-/m0/s1. The van der Waals surface area contributed by atoms with E-state index in [1.807, 2.05) is 13.8 Å². The summed E-state index contributed by atoms with van der Waals surface area (Å²) < 4.78 is 10.0. The third-order valence-corrected chi connectivity index (χ3v) is 4.57. The Bertz CT molecular complexity index is 751. The summed E-state index contributed by atoms with van der Waals surface area (Å²) in [5.74, 6) is -1.17. The molecule has 2 rings (SSSR count). The van der Waals surface area contributed by atoms with Crippen LogP contribution in [0.4, 0.5) is 5.00 Å². The van der Waals surface area contributed by atoms with Crippen molar-refractivity contribution in [3.8, 4) is 0 Å². The second kappa shape index (κ2) is 8.48. The SMILES string of the molecule is CC[C@H](C)NC(=O)COC(=O)c1sc(NC(=O)c2ccco2)cc1C. The molecule has 0 bridgehead atoms. The number of rotatable bonds is 7. The number of ether oxygens (including phenoxy) is 1. The van der Waals surface area contributed by atoms with E-state index in [-0.39, 0.29) is 24.3 Å². The fourth-order valence-corrected chi connectivity index (χ4v) is 2.90. The van der Waals surface area contributed by atoms with Crippen LogP contribution in [0.5, 0.6) is 0 Å². The maximum atomic E-state index is 12.1. The van der Waals surface area contributed by atoms with Crippen LogP contribution in [0.3, 0.4) is 0 Å². The number of esters is 1. The lowest BCUT2D eigenvalue weighted by molar-refractivity contribution is -0.124. The summed E-state index contributed by atoms with van der Waals surface area (Å²) in [5, 5.41) is 5.87. The van der Waals surface area contributed by atoms with E-state index in [9.17, 15) is 14.4 Å². The number of thiophene rings is 1. The summed E-state index contributed by atoms with van der Waals surface area (Å²) in [6.45, 7) is 5.21. The van der Waals surface area contributed by atoms with Crippen LogP contribution < -0.4 is 10.6 Å². The molecule has 2 aromatic rings. The van der Waals surface area contributed by atoms with Gasteiger partial charge in [0.2, 0.25) is 0 Å². The van der Waals surface area contributed by atoms with Crippen molar-refractivity contribution >= 4 is 34.1 Å². The fourth-order valence-electron chi connectivity index (χ4n) is 1.94. The molecule has 134 valence electrons. The maximum absolute atomic E-state index is 12.1. The number of carbonyl (C=O) groups excluding carboxylic acids is 3. The predicted octanol–water partition coefficient (Wildman–Crippen LogP) is 2.97. The van der Waals surface area contributed by atoms with Gasteiger partial charge in [-0.05, 0) is 44.0 Å². The third kappa shape index (κ3) is 5.18. The summed E-state index contributed by atoms with van der Waals surface area (Å²) in [6, 6.07) is 4.85. The number of furan rings is 1. The molecule has 0 saturated heterocycles. The molecule has 0 aliphatic carbocycles. The molecule has 0 fully saturated rings. The van der Waals surface area contributed by atoms with Gasteiger partial charge in [-0.15, -0.1) is 11.3 Å². The maximum Gasteiger partial charge on any atom is 0.349 e. The van der Waals surface area contributed by atoms with Gasteiger partial charge < -0.3 is 19.8 Å². The second-order valence-electron chi connectivity index (χ2n) is 5.51. The van der Waals surface area contributed by atoms with Crippen LogP contribution in [-0.2, 0) is 9.53 Å². The largest absolute Gasteiger partial charge is 0.459 e. The van der Waals surface area contributed by atoms with Crippen molar-refractivity contribution in [2.45, 2.75) is 33.2 Å². The Morgan fingerprint density at radius 3 is 2.76 bits per heavy atom. The van der Waals surface area contributed by atoms with E-state index in [4.69, 9.17) is 9.15 Å². The number of hydrogen-bond acceptors (Lipinski definition) is 6. The van der Waals surface area contributed by atoms with Gasteiger partial charge in [-0.3, -0.25) is 9.59 Å². The number of nitrogens with one attached hydrogen (secondary N) is 2. The highest BCUT2D eigenvalue weighted by Crippen LogP contribution is 2.27. The Morgan fingerprint density at radius 2 is 2.12 bits per heavy atom. The molecule has 0 aliphatic rings. The van der Waals surface area contributed by atoms with E-state index < -0.39 is 11.9 Å². The van der Waals surface area contributed by atoms with Crippen LogP contribution in [0.2, 0.25) is 0 Å². The van der Waals surface area contributed by atoms with Crippen LogP contribution in [0.25, 0.3) is 0 Å². The molecule has 2 heterocycles. The van der Waals surface area contributed by atoms with Crippen LogP contribution in [0.15, 0.2) is 28.9 Å². The molecule has 7 nitrogen and oxygen atoms in total. The molecular weight excluding hydrogens is 344 g/mol. The minimum atomic E-state index is -0.597. The normalized spacial score (nSPS) is 11.6. The van der Waals surface area contributed by atoms with E-state index in [0.717, 1.165) is 17.8 Å². The smallest absolute Gasteiger partial charge is 0.349 e. The van der Waals surface area contributed by atoms with Crippen LogP contribution in [0, 0.1) is 6.92 Å². The minimum absolute atomic E-state index is 0.0260. The van der Waals surface area contributed by atoms with Crippen molar-refractivity contribution in [2.24, 2.45) is 0 Å². The first-order chi connectivity index (χ1) is 11.9. The van der Waals surface area contributed by atoms with Crippen molar-refractivity contribution in [3.05, 3.63) is 40.7 Å². The molecule has 0 saturated carbocycles. The Kier molecular flexibility index (Phi) is 6.35. The van der Waals surface area contributed by atoms with Gasteiger partial charge in [-0.2, -0.15) is 0 Å². The topological polar surface area (TPSA) is 97.6 Å². The molecule has 0 spiro atoms. The van der Waals surface area contributed by atoms with Gasteiger partial charge in [0.05, 0.1) is 11.3 Å². The zero-order chi connectivity index (χ0) is 18.4. The Labute approximate surface area is 149 Å². The first kappa shape index (κ1) is 18.7. The summed E-state index contributed by atoms with van der Waals surface area (Å²) in [4.78, 5) is 36.1. The summed E-state index contributed by atoms with van der Waals surface area (Å²) in [5.41, 5.74) is 0.659. The van der Waals surface area contributed by atoms with E-state index in [1.165, 1.54) is 6.26 Å². The first-order valence-electron chi connectivity index (χ1n) is 7.82. The monoisotopic (exact) mass is 364 g/mol. The van der Waals surface area contributed by atoms with E-state index in [2.05, 4.69) is 10.6 Å². The predicted molar refractivity (Wildman–Crippen MR) is 93.9 cm³/mol. The molecule has 0 aliphatic heterocycles. The van der Waals surface area contributed by atoms with Crippen LogP contribution >= 0.6 is 11.3 Å². The van der Waals surface area contributed by atoms with Gasteiger partial charge in [0.25, 0.3) is 11.8 Å². The average Bonchev–Trinajstić information content (AvgIpc) is 3.22. The number of aryl methyl sites for hydroxylation is 1. The molecule has 0 unspecified atom stereocenters. The van der Waals surface area contributed by atoms with Crippen molar-refractivity contribution in [1.29, 1.82) is 0 Å². The number of hydrogen-bond donors (Lipinski definition) is 2.